The van der Waals surface area contributed by atoms with Crippen molar-refractivity contribution < 1.29 is 9.53 Å². The van der Waals surface area contributed by atoms with Gasteiger partial charge in [0.15, 0.2) is 0 Å². The number of nitrogens with two attached hydrogens (primary N) is 1. The lowest BCUT2D eigenvalue weighted by atomic mass is 10.2. The molecule has 0 aliphatic carbocycles. The molecule has 0 spiro atoms. The molecule has 0 aromatic rings. The molecule has 0 rings (SSSR count). The molecule has 0 heterocycles. The van der Waals surface area contributed by atoms with Gasteiger partial charge in [-0.15, -0.1) is 0 Å². The lowest BCUT2D eigenvalue weighted by Crippen LogP contribution is -2.11. The first-order chi connectivity index (χ1) is 5.68. The van der Waals surface area contributed by atoms with E-state index in [1.165, 1.54) is 0 Å². The molecule has 0 fully saturated rings. The van der Waals surface area contributed by atoms with Crippen LogP contribution in [-0.4, -0.2) is 19.1 Å². The lowest BCUT2D eigenvalue weighted by Gasteiger charge is -1.98. The highest BCUT2D eigenvalue weighted by molar-refractivity contribution is 5.91. The Balaban J connectivity index is 3.40. The molecule has 0 aromatic carbocycles. The number of hydrogen-bond acceptors (Lipinski definition) is 2. The summed E-state index contributed by atoms with van der Waals surface area (Å²) in [4.78, 5) is 10.5. The van der Waals surface area contributed by atoms with Crippen LogP contribution in [0.25, 0.3) is 0 Å². The molecule has 0 aromatic heterocycles. The van der Waals surface area contributed by atoms with E-state index in [-0.39, 0.29) is 5.91 Å². The highest BCUT2D eigenvalue weighted by atomic mass is 16.5. The van der Waals surface area contributed by atoms with Gasteiger partial charge in [-0.2, -0.15) is 0 Å². The Bertz CT molecular complexity index is 164. The van der Waals surface area contributed by atoms with Crippen molar-refractivity contribution in [2.24, 2.45) is 5.73 Å². The van der Waals surface area contributed by atoms with Gasteiger partial charge in [-0.25, -0.2) is 0 Å². The Morgan fingerprint density at radius 3 is 2.75 bits per heavy atom. The largest absolute Gasteiger partial charge is 0.382 e. The van der Waals surface area contributed by atoms with Crippen LogP contribution in [0, 0.1) is 0 Å². The zero-order chi connectivity index (χ0) is 9.40. The normalized spacial score (nSPS) is 11.7. The van der Waals surface area contributed by atoms with Gasteiger partial charge in [-0.05, 0) is 26.7 Å². The number of ether oxygens (including phenoxy) is 1. The van der Waals surface area contributed by atoms with Crippen LogP contribution in [0.15, 0.2) is 11.6 Å². The van der Waals surface area contributed by atoms with Crippen molar-refractivity contribution in [2.45, 2.75) is 26.7 Å². The average Bonchev–Trinajstić information content (AvgIpc) is 2.03. The van der Waals surface area contributed by atoms with E-state index in [4.69, 9.17) is 10.5 Å². The van der Waals surface area contributed by atoms with E-state index in [2.05, 4.69) is 0 Å². The molecule has 0 saturated heterocycles. The smallest absolute Gasteiger partial charge is 0.244 e. The fourth-order valence-electron chi connectivity index (χ4n) is 0.749. The molecule has 0 saturated carbocycles. The Morgan fingerprint density at radius 2 is 2.25 bits per heavy atom. The zero-order valence-corrected chi connectivity index (χ0v) is 7.80. The summed E-state index contributed by atoms with van der Waals surface area (Å²) in [5.74, 6) is -0.341. The standard InChI is InChI=1S/C9H17NO2/c1-3-12-7-5-4-6-8(2)9(10)11/h6H,3-5,7H2,1-2H3,(H2,10,11). The molecule has 0 aliphatic rings. The number of carbonyl (C=O) groups is 1. The first kappa shape index (κ1) is 11.2. The van der Waals surface area contributed by atoms with Crippen molar-refractivity contribution in [3.05, 3.63) is 11.6 Å². The third-order valence-corrected chi connectivity index (χ3v) is 1.54. The maximum absolute atomic E-state index is 10.5. The molecule has 3 heteroatoms. The number of carbonyl (C=O) groups excluding carboxylic acids is 1. The Hall–Kier alpha value is -0.830. The number of allylic oxidation sites excluding steroid dienone is 1. The topological polar surface area (TPSA) is 52.3 Å². The lowest BCUT2D eigenvalue weighted by molar-refractivity contribution is -0.114. The molecule has 2 N–H and O–H groups in total. The maximum atomic E-state index is 10.5. The second-order valence-corrected chi connectivity index (χ2v) is 2.59. The van der Waals surface area contributed by atoms with Crippen LogP contribution >= 0.6 is 0 Å². The van der Waals surface area contributed by atoms with Crippen LogP contribution in [0.4, 0.5) is 0 Å². The van der Waals surface area contributed by atoms with Crippen molar-refractivity contribution in [3.63, 3.8) is 0 Å². The van der Waals surface area contributed by atoms with Gasteiger partial charge in [0.05, 0.1) is 0 Å². The molecule has 0 radical (unpaired) electrons. The summed E-state index contributed by atoms with van der Waals surface area (Å²) in [7, 11) is 0. The minimum atomic E-state index is -0.341. The van der Waals surface area contributed by atoms with Crippen molar-refractivity contribution in [1.29, 1.82) is 0 Å². The van der Waals surface area contributed by atoms with Gasteiger partial charge in [0.2, 0.25) is 5.91 Å². The van der Waals surface area contributed by atoms with E-state index in [1.54, 1.807) is 6.92 Å². The van der Waals surface area contributed by atoms with Crippen LogP contribution in [0.3, 0.4) is 0 Å². The number of rotatable bonds is 6. The van der Waals surface area contributed by atoms with Crippen LogP contribution < -0.4 is 5.73 Å². The van der Waals surface area contributed by atoms with Gasteiger partial charge >= 0.3 is 0 Å². The average molecular weight is 171 g/mol. The highest BCUT2D eigenvalue weighted by Crippen LogP contribution is 1.97. The first-order valence-corrected chi connectivity index (χ1v) is 4.22. The van der Waals surface area contributed by atoms with E-state index in [1.807, 2.05) is 13.0 Å². The molecule has 0 unspecified atom stereocenters. The van der Waals surface area contributed by atoms with Gasteiger partial charge in [0.25, 0.3) is 0 Å². The third kappa shape index (κ3) is 5.92. The van der Waals surface area contributed by atoms with E-state index in [9.17, 15) is 4.79 Å². The van der Waals surface area contributed by atoms with Gasteiger partial charge in [0.1, 0.15) is 0 Å². The van der Waals surface area contributed by atoms with Crippen LogP contribution in [0.1, 0.15) is 26.7 Å². The van der Waals surface area contributed by atoms with Crippen molar-refractivity contribution in [3.8, 4) is 0 Å². The molecule has 70 valence electrons. The van der Waals surface area contributed by atoms with Crippen molar-refractivity contribution in [2.75, 3.05) is 13.2 Å². The number of hydrogen-bond donors (Lipinski definition) is 1. The van der Waals surface area contributed by atoms with E-state index < -0.39 is 0 Å². The summed E-state index contributed by atoms with van der Waals surface area (Å²) in [5, 5.41) is 0. The van der Waals surface area contributed by atoms with Gasteiger partial charge in [0, 0.05) is 18.8 Å². The monoisotopic (exact) mass is 171 g/mol. The van der Waals surface area contributed by atoms with Crippen molar-refractivity contribution in [1.82, 2.24) is 0 Å². The second-order valence-electron chi connectivity index (χ2n) is 2.59. The predicted octanol–water partition coefficient (Wildman–Crippen LogP) is 1.23. The molecular weight excluding hydrogens is 154 g/mol. The van der Waals surface area contributed by atoms with Crippen LogP contribution in [0.2, 0.25) is 0 Å². The highest BCUT2D eigenvalue weighted by Gasteiger charge is 1.94. The molecule has 0 atom stereocenters. The molecule has 1 amide bonds. The Kier molecular flexibility index (Phi) is 6.38. The minimum absolute atomic E-state index is 0.341. The molecular formula is C9H17NO2. The quantitative estimate of drug-likeness (QED) is 0.483. The predicted molar refractivity (Wildman–Crippen MR) is 48.7 cm³/mol. The summed E-state index contributed by atoms with van der Waals surface area (Å²) in [6.07, 6.45) is 3.65. The maximum Gasteiger partial charge on any atom is 0.244 e. The number of primary amides is 1. The summed E-state index contributed by atoms with van der Waals surface area (Å²) in [5.41, 5.74) is 5.67. The summed E-state index contributed by atoms with van der Waals surface area (Å²) in [6.45, 7) is 5.19. The van der Waals surface area contributed by atoms with E-state index >= 15 is 0 Å². The molecule has 0 bridgehead atoms. The number of amides is 1. The summed E-state index contributed by atoms with van der Waals surface area (Å²) in [6, 6.07) is 0. The summed E-state index contributed by atoms with van der Waals surface area (Å²) < 4.78 is 5.13. The second kappa shape index (κ2) is 6.85. The Labute approximate surface area is 73.6 Å². The van der Waals surface area contributed by atoms with Gasteiger partial charge in [-0.1, -0.05) is 6.08 Å². The minimum Gasteiger partial charge on any atom is -0.382 e. The fraction of sp³-hybridized carbons (Fsp3) is 0.667. The SMILES string of the molecule is CCOCCCC=C(C)C(N)=O. The third-order valence-electron chi connectivity index (χ3n) is 1.54. The fourth-order valence-corrected chi connectivity index (χ4v) is 0.749. The zero-order valence-electron chi connectivity index (χ0n) is 7.80. The molecule has 12 heavy (non-hydrogen) atoms. The summed E-state index contributed by atoms with van der Waals surface area (Å²) >= 11 is 0. The van der Waals surface area contributed by atoms with E-state index in [0.717, 1.165) is 26.1 Å². The van der Waals surface area contributed by atoms with Crippen molar-refractivity contribution >= 4 is 5.91 Å². The molecule has 0 aliphatic heterocycles. The Morgan fingerprint density at radius 1 is 1.58 bits per heavy atom. The van der Waals surface area contributed by atoms with Gasteiger partial charge in [-0.3, -0.25) is 4.79 Å². The van der Waals surface area contributed by atoms with Crippen LogP contribution in [0.5, 0.6) is 0 Å². The van der Waals surface area contributed by atoms with E-state index in [0.29, 0.717) is 5.57 Å². The van der Waals surface area contributed by atoms with Gasteiger partial charge < -0.3 is 10.5 Å². The number of unbranched alkanes of at least 4 members (excludes halogenated alkanes) is 1. The molecule has 3 nitrogen and oxygen atoms in total. The first-order valence-electron chi connectivity index (χ1n) is 4.22. The van der Waals surface area contributed by atoms with Crippen LogP contribution in [-0.2, 0) is 9.53 Å².